The van der Waals surface area contributed by atoms with Gasteiger partial charge in [0.25, 0.3) is 0 Å². The molecule has 0 saturated carbocycles. The lowest BCUT2D eigenvalue weighted by Crippen LogP contribution is -2.29. The van der Waals surface area contributed by atoms with Crippen LogP contribution >= 0.6 is 0 Å². The maximum atomic E-state index is 12.1. The minimum Gasteiger partial charge on any atom is -0.341 e. The van der Waals surface area contributed by atoms with Crippen LogP contribution in [0.4, 0.5) is 0 Å². The molecule has 1 aliphatic heterocycles. The van der Waals surface area contributed by atoms with E-state index in [1.165, 1.54) is 24.0 Å². The fourth-order valence-electron chi connectivity index (χ4n) is 2.66. The Hall–Kier alpha value is -1.35. The lowest BCUT2D eigenvalue weighted by molar-refractivity contribution is -0.130. The second kappa shape index (κ2) is 6.71. The predicted octanol–water partition coefficient (Wildman–Crippen LogP) is 2.49. The smallest absolute Gasteiger partial charge is 0.222 e. The van der Waals surface area contributed by atoms with Gasteiger partial charge in [-0.25, -0.2) is 0 Å². The molecule has 1 aromatic rings. The Labute approximate surface area is 116 Å². The molecule has 0 bridgehead atoms. The van der Waals surface area contributed by atoms with Gasteiger partial charge in [0, 0.05) is 26.1 Å². The lowest BCUT2D eigenvalue weighted by atomic mass is 10.1. The zero-order valence-electron chi connectivity index (χ0n) is 12.0. The van der Waals surface area contributed by atoms with E-state index in [0.717, 1.165) is 13.0 Å². The van der Waals surface area contributed by atoms with Gasteiger partial charge in [-0.05, 0) is 38.3 Å². The molecule has 1 saturated heterocycles. The molecule has 1 fully saturated rings. The number of aryl methyl sites for hydroxylation is 1. The molecule has 0 aromatic heterocycles. The number of rotatable bonds is 5. The second-order valence-electron chi connectivity index (χ2n) is 5.57. The summed E-state index contributed by atoms with van der Waals surface area (Å²) < 4.78 is 0. The lowest BCUT2D eigenvalue weighted by Gasteiger charge is -2.18. The standard InChI is InChI=1S/C16H24N2O/c1-13-5-3-6-14(11-13)12-18(2)16(19)9-8-15-7-4-10-17-15/h3,5-6,11,15,17H,4,7-10,12H2,1-2H3. The Kier molecular flexibility index (Phi) is 4.97. The Balaban J connectivity index is 1.78. The van der Waals surface area contributed by atoms with Crippen LogP contribution in [0.3, 0.4) is 0 Å². The molecule has 1 N–H and O–H groups in total. The van der Waals surface area contributed by atoms with Crippen LogP contribution in [0.5, 0.6) is 0 Å². The first-order valence-corrected chi connectivity index (χ1v) is 7.18. The number of hydrogen-bond donors (Lipinski definition) is 1. The number of hydrogen-bond acceptors (Lipinski definition) is 2. The van der Waals surface area contributed by atoms with Gasteiger partial charge in [-0.3, -0.25) is 4.79 Å². The van der Waals surface area contributed by atoms with Crippen LogP contribution in [0.1, 0.15) is 36.8 Å². The average molecular weight is 260 g/mol. The molecular formula is C16H24N2O. The van der Waals surface area contributed by atoms with Crippen LogP contribution in [0, 0.1) is 6.92 Å². The SMILES string of the molecule is Cc1cccc(CN(C)C(=O)CCC2CCCN2)c1. The normalized spacial score (nSPS) is 18.5. The van der Waals surface area contributed by atoms with Gasteiger partial charge < -0.3 is 10.2 Å². The Morgan fingerprint density at radius 3 is 3.00 bits per heavy atom. The first-order chi connectivity index (χ1) is 9.15. The highest BCUT2D eigenvalue weighted by molar-refractivity contribution is 5.75. The first-order valence-electron chi connectivity index (χ1n) is 7.18. The molecule has 1 unspecified atom stereocenters. The average Bonchev–Trinajstić information content (AvgIpc) is 2.89. The van der Waals surface area contributed by atoms with Gasteiger partial charge in [0.2, 0.25) is 5.91 Å². The largest absolute Gasteiger partial charge is 0.341 e. The number of nitrogens with zero attached hydrogens (tertiary/aromatic N) is 1. The highest BCUT2D eigenvalue weighted by Crippen LogP contribution is 2.13. The van der Waals surface area contributed by atoms with Crippen LogP contribution in [-0.2, 0) is 11.3 Å². The number of carbonyl (C=O) groups is 1. The van der Waals surface area contributed by atoms with Gasteiger partial charge in [0.15, 0.2) is 0 Å². The van der Waals surface area contributed by atoms with Crippen molar-refractivity contribution in [2.45, 2.75) is 45.2 Å². The third-order valence-corrected chi connectivity index (χ3v) is 3.80. The Bertz CT molecular complexity index is 425. The molecule has 1 heterocycles. The van der Waals surface area contributed by atoms with Crippen molar-refractivity contribution in [1.82, 2.24) is 10.2 Å². The molecule has 1 amide bonds. The summed E-state index contributed by atoms with van der Waals surface area (Å²) in [5.74, 6) is 0.246. The zero-order chi connectivity index (χ0) is 13.7. The number of amides is 1. The van der Waals surface area contributed by atoms with E-state index in [1.807, 2.05) is 18.0 Å². The third-order valence-electron chi connectivity index (χ3n) is 3.80. The van der Waals surface area contributed by atoms with Gasteiger partial charge in [-0.15, -0.1) is 0 Å². The molecule has 0 spiro atoms. The van der Waals surface area contributed by atoms with E-state index in [9.17, 15) is 4.79 Å². The topological polar surface area (TPSA) is 32.3 Å². The molecular weight excluding hydrogens is 236 g/mol. The van der Waals surface area contributed by atoms with E-state index in [0.29, 0.717) is 19.0 Å². The summed E-state index contributed by atoms with van der Waals surface area (Å²) in [7, 11) is 1.90. The van der Waals surface area contributed by atoms with Gasteiger partial charge in [-0.2, -0.15) is 0 Å². The maximum absolute atomic E-state index is 12.1. The summed E-state index contributed by atoms with van der Waals surface area (Å²) in [6.45, 7) is 3.90. The van der Waals surface area contributed by atoms with Crippen molar-refractivity contribution in [2.24, 2.45) is 0 Å². The highest BCUT2D eigenvalue weighted by atomic mass is 16.2. The summed E-state index contributed by atoms with van der Waals surface area (Å²) in [6.07, 6.45) is 4.09. The van der Waals surface area contributed by atoms with Crippen molar-refractivity contribution in [3.63, 3.8) is 0 Å². The highest BCUT2D eigenvalue weighted by Gasteiger charge is 2.16. The van der Waals surface area contributed by atoms with E-state index in [-0.39, 0.29) is 5.91 Å². The summed E-state index contributed by atoms with van der Waals surface area (Å²) in [6, 6.07) is 8.90. The first kappa shape index (κ1) is 14.1. The third kappa shape index (κ3) is 4.35. The van der Waals surface area contributed by atoms with Crippen molar-refractivity contribution in [1.29, 1.82) is 0 Å². The van der Waals surface area contributed by atoms with Crippen LogP contribution in [0.2, 0.25) is 0 Å². The second-order valence-corrected chi connectivity index (χ2v) is 5.57. The fourth-order valence-corrected chi connectivity index (χ4v) is 2.66. The number of nitrogens with one attached hydrogen (secondary N) is 1. The van der Waals surface area contributed by atoms with Crippen molar-refractivity contribution < 1.29 is 4.79 Å². The quantitative estimate of drug-likeness (QED) is 0.882. The molecule has 2 rings (SSSR count). The van der Waals surface area contributed by atoms with Crippen molar-refractivity contribution in [3.8, 4) is 0 Å². The molecule has 0 radical (unpaired) electrons. The Morgan fingerprint density at radius 2 is 2.32 bits per heavy atom. The summed E-state index contributed by atoms with van der Waals surface area (Å²) >= 11 is 0. The van der Waals surface area contributed by atoms with Crippen molar-refractivity contribution >= 4 is 5.91 Å². The number of carbonyl (C=O) groups excluding carboxylic acids is 1. The van der Waals surface area contributed by atoms with E-state index in [4.69, 9.17) is 0 Å². The van der Waals surface area contributed by atoms with Crippen molar-refractivity contribution in [2.75, 3.05) is 13.6 Å². The minimum absolute atomic E-state index is 0.246. The van der Waals surface area contributed by atoms with Gasteiger partial charge in [0.05, 0.1) is 0 Å². The molecule has 0 aliphatic carbocycles. The van der Waals surface area contributed by atoms with Crippen LogP contribution < -0.4 is 5.32 Å². The van der Waals surface area contributed by atoms with E-state index >= 15 is 0 Å². The molecule has 3 nitrogen and oxygen atoms in total. The molecule has 19 heavy (non-hydrogen) atoms. The van der Waals surface area contributed by atoms with Gasteiger partial charge in [-0.1, -0.05) is 29.8 Å². The predicted molar refractivity (Wildman–Crippen MR) is 77.9 cm³/mol. The molecule has 1 atom stereocenters. The van der Waals surface area contributed by atoms with Gasteiger partial charge >= 0.3 is 0 Å². The van der Waals surface area contributed by atoms with Crippen LogP contribution in [0.15, 0.2) is 24.3 Å². The van der Waals surface area contributed by atoms with E-state index in [1.54, 1.807) is 0 Å². The number of benzene rings is 1. The van der Waals surface area contributed by atoms with Gasteiger partial charge in [0.1, 0.15) is 0 Å². The fraction of sp³-hybridized carbons (Fsp3) is 0.562. The van der Waals surface area contributed by atoms with Crippen molar-refractivity contribution in [3.05, 3.63) is 35.4 Å². The monoisotopic (exact) mass is 260 g/mol. The van der Waals surface area contributed by atoms with E-state index in [2.05, 4.69) is 30.4 Å². The van der Waals surface area contributed by atoms with E-state index < -0.39 is 0 Å². The van der Waals surface area contributed by atoms with Crippen LogP contribution in [-0.4, -0.2) is 30.4 Å². The summed E-state index contributed by atoms with van der Waals surface area (Å²) in [5, 5.41) is 3.44. The minimum atomic E-state index is 0.246. The molecule has 1 aromatic carbocycles. The molecule has 3 heteroatoms. The summed E-state index contributed by atoms with van der Waals surface area (Å²) in [4.78, 5) is 13.9. The summed E-state index contributed by atoms with van der Waals surface area (Å²) in [5.41, 5.74) is 2.45. The van der Waals surface area contributed by atoms with Crippen LogP contribution in [0.25, 0.3) is 0 Å². The Morgan fingerprint density at radius 1 is 1.47 bits per heavy atom. The zero-order valence-corrected chi connectivity index (χ0v) is 12.0. The molecule has 104 valence electrons. The molecule has 1 aliphatic rings. The maximum Gasteiger partial charge on any atom is 0.222 e.